The SMILES string of the molecule is Cc1cc(-c2noc(CNC(C)C)n2)cc(C)c1Br. The van der Waals surface area contributed by atoms with Crippen LogP contribution < -0.4 is 5.32 Å². The zero-order valence-electron chi connectivity index (χ0n) is 11.6. The number of aromatic nitrogens is 2. The number of nitrogens with zero attached hydrogens (tertiary/aromatic N) is 2. The molecule has 0 fully saturated rings. The standard InChI is InChI=1S/C14H18BrN3O/c1-8(2)16-7-12-17-14(18-19-12)11-5-9(3)13(15)10(4)6-11/h5-6,8,16H,7H2,1-4H3. The summed E-state index contributed by atoms with van der Waals surface area (Å²) in [7, 11) is 0. The van der Waals surface area contributed by atoms with Crippen molar-refractivity contribution in [1.82, 2.24) is 15.5 Å². The smallest absolute Gasteiger partial charge is 0.240 e. The summed E-state index contributed by atoms with van der Waals surface area (Å²) in [6.07, 6.45) is 0. The van der Waals surface area contributed by atoms with Crippen molar-refractivity contribution >= 4 is 15.9 Å². The van der Waals surface area contributed by atoms with E-state index in [9.17, 15) is 0 Å². The van der Waals surface area contributed by atoms with E-state index in [0.717, 1.165) is 10.0 Å². The van der Waals surface area contributed by atoms with Gasteiger partial charge in [0.25, 0.3) is 0 Å². The van der Waals surface area contributed by atoms with Crippen LogP contribution in [0, 0.1) is 13.8 Å². The van der Waals surface area contributed by atoms with Crippen molar-refractivity contribution in [3.8, 4) is 11.4 Å². The molecule has 19 heavy (non-hydrogen) atoms. The second-order valence-corrected chi connectivity index (χ2v) is 5.76. The number of hydrogen-bond donors (Lipinski definition) is 1. The van der Waals surface area contributed by atoms with Crippen molar-refractivity contribution < 1.29 is 4.52 Å². The lowest BCUT2D eigenvalue weighted by molar-refractivity contribution is 0.362. The van der Waals surface area contributed by atoms with Crippen molar-refractivity contribution in [3.63, 3.8) is 0 Å². The third kappa shape index (κ3) is 3.42. The summed E-state index contributed by atoms with van der Waals surface area (Å²) < 4.78 is 6.37. The molecule has 0 saturated carbocycles. The number of nitrogens with one attached hydrogen (secondary N) is 1. The van der Waals surface area contributed by atoms with Crippen LogP contribution in [0.3, 0.4) is 0 Å². The Morgan fingerprint density at radius 3 is 2.47 bits per heavy atom. The molecular formula is C14H18BrN3O. The number of halogens is 1. The molecule has 0 amide bonds. The predicted octanol–water partition coefficient (Wildman–Crippen LogP) is 3.61. The largest absolute Gasteiger partial charge is 0.338 e. The van der Waals surface area contributed by atoms with E-state index in [1.165, 1.54) is 11.1 Å². The van der Waals surface area contributed by atoms with Gasteiger partial charge in [0.05, 0.1) is 6.54 Å². The molecule has 0 bridgehead atoms. The summed E-state index contributed by atoms with van der Waals surface area (Å²) >= 11 is 3.56. The van der Waals surface area contributed by atoms with E-state index in [2.05, 4.69) is 71.2 Å². The molecule has 0 radical (unpaired) electrons. The minimum Gasteiger partial charge on any atom is -0.338 e. The fraction of sp³-hybridized carbons (Fsp3) is 0.429. The first-order valence-corrected chi connectivity index (χ1v) is 7.09. The Kier molecular flexibility index (Phi) is 4.37. The van der Waals surface area contributed by atoms with Crippen molar-refractivity contribution in [2.45, 2.75) is 40.3 Å². The first-order chi connectivity index (χ1) is 8.97. The van der Waals surface area contributed by atoms with Gasteiger partial charge in [-0.15, -0.1) is 0 Å². The Labute approximate surface area is 121 Å². The van der Waals surface area contributed by atoms with Crippen molar-refractivity contribution in [2.24, 2.45) is 0 Å². The molecule has 0 saturated heterocycles. The van der Waals surface area contributed by atoms with Gasteiger partial charge in [0.2, 0.25) is 11.7 Å². The van der Waals surface area contributed by atoms with Crippen LogP contribution in [0.25, 0.3) is 11.4 Å². The van der Waals surface area contributed by atoms with Crippen molar-refractivity contribution in [3.05, 3.63) is 33.6 Å². The maximum atomic E-state index is 5.24. The molecule has 4 nitrogen and oxygen atoms in total. The highest BCUT2D eigenvalue weighted by atomic mass is 79.9. The van der Waals surface area contributed by atoms with Crippen LogP contribution in [-0.2, 0) is 6.54 Å². The van der Waals surface area contributed by atoms with E-state index in [4.69, 9.17) is 4.52 Å². The molecule has 102 valence electrons. The third-order valence-electron chi connectivity index (χ3n) is 2.82. The first kappa shape index (κ1) is 14.2. The van der Waals surface area contributed by atoms with Gasteiger partial charge < -0.3 is 9.84 Å². The fourth-order valence-corrected chi connectivity index (χ4v) is 2.04. The van der Waals surface area contributed by atoms with Gasteiger partial charge >= 0.3 is 0 Å². The minimum atomic E-state index is 0.396. The van der Waals surface area contributed by atoms with E-state index < -0.39 is 0 Å². The monoisotopic (exact) mass is 323 g/mol. The lowest BCUT2D eigenvalue weighted by Gasteiger charge is -2.05. The molecule has 1 heterocycles. The van der Waals surface area contributed by atoms with Crippen molar-refractivity contribution in [2.75, 3.05) is 0 Å². The lowest BCUT2D eigenvalue weighted by Crippen LogP contribution is -2.21. The molecule has 2 rings (SSSR count). The van der Waals surface area contributed by atoms with E-state index in [-0.39, 0.29) is 0 Å². The lowest BCUT2D eigenvalue weighted by atomic mass is 10.1. The van der Waals surface area contributed by atoms with Gasteiger partial charge in [-0.1, -0.05) is 34.9 Å². The number of rotatable bonds is 4. The molecule has 0 aliphatic heterocycles. The Balaban J connectivity index is 2.23. The molecule has 0 spiro atoms. The maximum absolute atomic E-state index is 5.24. The van der Waals surface area contributed by atoms with E-state index >= 15 is 0 Å². The molecule has 1 aromatic heterocycles. The molecule has 0 unspecified atom stereocenters. The topological polar surface area (TPSA) is 51.0 Å². The second-order valence-electron chi connectivity index (χ2n) is 4.97. The average molecular weight is 324 g/mol. The average Bonchev–Trinajstić information content (AvgIpc) is 2.81. The minimum absolute atomic E-state index is 0.396. The molecule has 1 aromatic carbocycles. The third-order valence-corrected chi connectivity index (χ3v) is 4.08. The molecule has 2 aromatic rings. The van der Waals surface area contributed by atoms with Crippen LogP contribution in [0.2, 0.25) is 0 Å². The molecule has 1 N–H and O–H groups in total. The molecule has 5 heteroatoms. The number of hydrogen-bond acceptors (Lipinski definition) is 4. The van der Waals surface area contributed by atoms with Gasteiger partial charge in [-0.25, -0.2) is 0 Å². The summed E-state index contributed by atoms with van der Waals surface area (Å²) in [6, 6.07) is 4.51. The van der Waals surface area contributed by atoms with Gasteiger partial charge in [0, 0.05) is 16.1 Å². The van der Waals surface area contributed by atoms with Crippen molar-refractivity contribution in [1.29, 1.82) is 0 Å². The Hall–Kier alpha value is -1.20. The van der Waals surface area contributed by atoms with Crippen LogP contribution in [0.1, 0.15) is 30.9 Å². The Morgan fingerprint density at radius 1 is 1.26 bits per heavy atom. The zero-order valence-corrected chi connectivity index (χ0v) is 13.2. The van der Waals surface area contributed by atoms with Crippen LogP contribution in [0.5, 0.6) is 0 Å². The van der Waals surface area contributed by atoms with E-state index in [1.54, 1.807) is 0 Å². The Morgan fingerprint density at radius 2 is 1.89 bits per heavy atom. The van der Waals surface area contributed by atoms with Crippen LogP contribution in [0.15, 0.2) is 21.1 Å². The summed E-state index contributed by atoms with van der Waals surface area (Å²) in [5.41, 5.74) is 3.32. The highest BCUT2D eigenvalue weighted by Crippen LogP contribution is 2.27. The molecular weight excluding hydrogens is 306 g/mol. The Bertz CT molecular complexity index is 555. The fourth-order valence-electron chi connectivity index (χ4n) is 1.81. The highest BCUT2D eigenvalue weighted by molar-refractivity contribution is 9.10. The highest BCUT2D eigenvalue weighted by Gasteiger charge is 2.11. The van der Waals surface area contributed by atoms with Gasteiger partial charge in [-0.05, 0) is 37.1 Å². The summed E-state index contributed by atoms with van der Waals surface area (Å²) in [6.45, 7) is 8.88. The summed E-state index contributed by atoms with van der Waals surface area (Å²) in [5.74, 6) is 1.25. The number of aryl methyl sites for hydroxylation is 2. The second kappa shape index (κ2) is 5.84. The summed E-state index contributed by atoms with van der Waals surface area (Å²) in [4.78, 5) is 4.41. The maximum Gasteiger partial charge on any atom is 0.240 e. The normalized spacial score (nSPS) is 11.3. The number of benzene rings is 1. The van der Waals surface area contributed by atoms with Crippen LogP contribution >= 0.6 is 15.9 Å². The van der Waals surface area contributed by atoms with E-state index in [0.29, 0.717) is 24.3 Å². The quantitative estimate of drug-likeness (QED) is 0.933. The zero-order chi connectivity index (χ0) is 14.0. The van der Waals surface area contributed by atoms with Gasteiger partial charge in [-0.3, -0.25) is 0 Å². The molecule has 0 atom stereocenters. The van der Waals surface area contributed by atoms with Crippen LogP contribution in [-0.4, -0.2) is 16.2 Å². The van der Waals surface area contributed by atoms with Gasteiger partial charge in [0.15, 0.2) is 0 Å². The van der Waals surface area contributed by atoms with Crippen LogP contribution in [0.4, 0.5) is 0 Å². The van der Waals surface area contributed by atoms with E-state index in [1.807, 2.05) is 0 Å². The molecule has 0 aliphatic rings. The molecule has 0 aliphatic carbocycles. The first-order valence-electron chi connectivity index (χ1n) is 6.30. The predicted molar refractivity (Wildman–Crippen MR) is 78.9 cm³/mol. The van der Waals surface area contributed by atoms with Gasteiger partial charge in [-0.2, -0.15) is 4.98 Å². The summed E-state index contributed by atoms with van der Waals surface area (Å²) in [5, 5.41) is 7.29. The van der Waals surface area contributed by atoms with Gasteiger partial charge in [0.1, 0.15) is 0 Å².